The standard InChI is InChI=1S/C15H16N2O4S/c1-4-20-14(19)10-7-8-11-12(21-15(22)16(2)3)6-5-9-17(11)13(10)18/h5-9H,4H2,1-3H3. The first-order valence-corrected chi connectivity index (χ1v) is 7.07. The molecule has 2 aromatic heterocycles. The molecule has 2 aromatic rings. The van der Waals surface area contributed by atoms with Gasteiger partial charge in [0, 0.05) is 20.3 Å². The highest BCUT2D eigenvalue weighted by Crippen LogP contribution is 2.19. The highest BCUT2D eigenvalue weighted by atomic mass is 32.1. The molecule has 7 heteroatoms. The maximum atomic E-state index is 12.4. The largest absolute Gasteiger partial charge is 0.462 e. The van der Waals surface area contributed by atoms with Crippen molar-refractivity contribution in [3.63, 3.8) is 0 Å². The van der Waals surface area contributed by atoms with E-state index in [1.54, 1.807) is 50.3 Å². The summed E-state index contributed by atoms with van der Waals surface area (Å²) in [6, 6.07) is 6.41. The van der Waals surface area contributed by atoms with E-state index in [1.165, 1.54) is 10.5 Å². The minimum absolute atomic E-state index is 0.0216. The van der Waals surface area contributed by atoms with E-state index in [4.69, 9.17) is 21.7 Å². The average molecular weight is 320 g/mol. The Morgan fingerprint density at radius 2 is 2.05 bits per heavy atom. The molecule has 0 bridgehead atoms. The van der Waals surface area contributed by atoms with Crippen LogP contribution in [0.5, 0.6) is 5.75 Å². The van der Waals surface area contributed by atoms with Crippen molar-refractivity contribution in [2.75, 3.05) is 20.7 Å². The first kappa shape index (κ1) is 16.0. The number of carbonyl (C=O) groups excluding carboxylic acids is 1. The van der Waals surface area contributed by atoms with Crippen LogP contribution in [-0.2, 0) is 4.74 Å². The number of fused-ring (bicyclic) bond motifs is 1. The molecule has 0 saturated heterocycles. The molecule has 0 radical (unpaired) electrons. The Labute approximate surface area is 132 Å². The lowest BCUT2D eigenvalue weighted by Gasteiger charge is -2.15. The monoisotopic (exact) mass is 320 g/mol. The SMILES string of the molecule is CCOC(=O)c1ccc2c(OC(=S)N(C)C)cccn2c1=O. The quantitative estimate of drug-likeness (QED) is 0.634. The molecule has 0 aliphatic carbocycles. The van der Waals surface area contributed by atoms with Gasteiger partial charge < -0.3 is 14.4 Å². The number of hydrogen-bond acceptors (Lipinski definition) is 5. The molecule has 0 aromatic carbocycles. The van der Waals surface area contributed by atoms with Crippen LogP contribution in [0.25, 0.3) is 5.52 Å². The normalized spacial score (nSPS) is 10.3. The van der Waals surface area contributed by atoms with Gasteiger partial charge in [0.2, 0.25) is 0 Å². The van der Waals surface area contributed by atoms with Gasteiger partial charge in [-0.1, -0.05) is 0 Å². The fourth-order valence-corrected chi connectivity index (χ4v) is 1.93. The van der Waals surface area contributed by atoms with Gasteiger partial charge in [0.15, 0.2) is 5.75 Å². The Balaban J connectivity index is 2.52. The molecule has 0 saturated carbocycles. The fourth-order valence-electron chi connectivity index (χ4n) is 1.84. The highest BCUT2D eigenvalue weighted by Gasteiger charge is 2.15. The summed E-state index contributed by atoms with van der Waals surface area (Å²) >= 11 is 5.10. The molecular weight excluding hydrogens is 304 g/mol. The van der Waals surface area contributed by atoms with Gasteiger partial charge >= 0.3 is 5.97 Å². The van der Waals surface area contributed by atoms with Crippen molar-refractivity contribution in [2.24, 2.45) is 0 Å². The number of ether oxygens (including phenoxy) is 2. The number of carbonyl (C=O) groups is 1. The summed E-state index contributed by atoms with van der Waals surface area (Å²) < 4.78 is 11.8. The van der Waals surface area contributed by atoms with Crippen molar-refractivity contribution in [2.45, 2.75) is 6.92 Å². The first-order valence-electron chi connectivity index (χ1n) is 6.66. The van der Waals surface area contributed by atoms with E-state index in [0.29, 0.717) is 11.3 Å². The van der Waals surface area contributed by atoms with E-state index in [2.05, 4.69) is 0 Å². The second kappa shape index (κ2) is 6.57. The van der Waals surface area contributed by atoms with E-state index < -0.39 is 11.5 Å². The van der Waals surface area contributed by atoms with Crippen molar-refractivity contribution in [3.8, 4) is 5.75 Å². The molecule has 6 nitrogen and oxygen atoms in total. The number of pyridine rings is 2. The second-order valence-electron chi connectivity index (χ2n) is 4.66. The van der Waals surface area contributed by atoms with Gasteiger partial charge in [0.25, 0.3) is 10.7 Å². The van der Waals surface area contributed by atoms with Gasteiger partial charge in [-0.15, -0.1) is 0 Å². The van der Waals surface area contributed by atoms with Crippen molar-refractivity contribution in [1.29, 1.82) is 0 Å². The Morgan fingerprint density at radius 1 is 1.32 bits per heavy atom. The van der Waals surface area contributed by atoms with Crippen LogP contribution in [0, 0.1) is 0 Å². The van der Waals surface area contributed by atoms with Gasteiger partial charge in [-0.05, 0) is 43.4 Å². The molecule has 0 aliphatic heterocycles. The van der Waals surface area contributed by atoms with Crippen molar-refractivity contribution in [1.82, 2.24) is 9.30 Å². The lowest BCUT2D eigenvalue weighted by Crippen LogP contribution is -2.26. The summed E-state index contributed by atoms with van der Waals surface area (Å²) in [5.74, 6) is -0.203. The Morgan fingerprint density at radius 3 is 2.68 bits per heavy atom. The van der Waals surface area contributed by atoms with Crippen LogP contribution in [0.2, 0.25) is 0 Å². The van der Waals surface area contributed by atoms with E-state index in [0.717, 1.165) is 0 Å². The number of hydrogen-bond donors (Lipinski definition) is 0. The Kier molecular flexibility index (Phi) is 4.77. The summed E-state index contributed by atoms with van der Waals surface area (Å²) in [5.41, 5.74) is 0.0357. The summed E-state index contributed by atoms with van der Waals surface area (Å²) in [6.45, 7) is 1.89. The van der Waals surface area contributed by atoms with E-state index in [9.17, 15) is 9.59 Å². The van der Waals surface area contributed by atoms with Gasteiger partial charge in [0.1, 0.15) is 5.56 Å². The summed E-state index contributed by atoms with van der Waals surface area (Å²) in [4.78, 5) is 25.8. The van der Waals surface area contributed by atoms with Crippen LogP contribution in [0.4, 0.5) is 0 Å². The maximum absolute atomic E-state index is 12.4. The molecule has 0 atom stereocenters. The third-order valence-corrected chi connectivity index (χ3v) is 3.36. The number of nitrogens with zero attached hydrogens (tertiary/aromatic N) is 2. The molecule has 0 unspecified atom stereocenters. The highest BCUT2D eigenvalue weighted by molar-refractivity contribution is 7.80. The van der Waals surface area contributed by atoms with Crippen LogP contribution >= 0.6 is 12.2 Å². The van der Waals surface area contributed by atoms with E-state index in [-0.39, 0.29) is 17.3 Å². The van der Waals surface area contributed by atoms with Crippen LogP contribution in [-0.4, -0.2) is 41.1 Å². The molecule has 22 heavy (non-hydrogen) atoms. The zero-order chi connectivity index (χ0) is 16.3. The minimum Gasteiger partial charge on any atom is -0.462 e. The number of esters is 1. The first-order chi connectivity index (χ1) is 10.5. The summed E-state index contributed by atoms with van der Waals surface area (Å²) in [7, 11) is 3.52. The summed E-state index contributed by atoms with van der Waals surface area (Å²) in [5, 5.41) is 0.273. The number of thiocarbonyl (C=S) groups is 1. The Hall–Kier alpha value is -2.41. The molecule has 0 N–H and O–H groups in total. The zero-order valence-electron chi connectivity index (χ0n) is 12.5. The van der Waals surface area contributed by atoms with E-state index in [1.807, 2.05) is 0 Å². The minimum atomic E-state index is -0.642. The van der Waals surface area contributed by atoms with Gasteiger partial charge in [-0.25, -0.2) is 4.79 Å². The van der Waals surface area contributed by atoms with Gasteiger partial charge in [0.05, 0.1) is 12.1 Å². The second-order valence-corrected chi connectivity index (χ2v) is 5.01. The van der Waals surface area contributed by atoms with Crippen LogP contribution in [0.15, 0.2) is 35.3 Å². The van der Waals surface area contributed by atoms with Gasteiger partial charge in [-0.3, -0.25) is 9.20 Å². The predicted molar refractivity (Wildman–Crippen MR) is 86.5 cm³/mol. The molecule has 0 fully saturated rings. The van der Waals surface area contributed by atoms with Crippen LogP contribution < -0.4 is 10.3 Å². The molecule has 2 rings (SSSR count). The smallest absolute Gasteiger partial charge is 0.343 e. The molecule has 2 heterocycles. The lowest BCUT2D eigenvalue weighted by atomic mass is 10.2. The molecule has 0 spiro atoms. The predicted octanol–water partition coefficient (Wildman–Crippen LogP) is 1.70. The van der Waals surface area contributed by atoms with Crippen molar-refractivity contribution < 1.29 is 14.3 Å². The van der Waals surface area contributed by atoms with Crippen LogP contribution in [0.3, 0.4) is 0 Å². The molecule has 0 aliphatic rings. The van der Waals surface area contributed by atoms with Gasteiger partial charge in [-0.2, -0.15) is 0 Å². The van der Waals surface area contributed by atoms with Crippen LogP contribution in [0.1, 0.15) is 17.3 Å². The zero-order valence-corrected chi connectivity index (χ0v) is 13.3. The third-order valence-electron chi connectivity index (χ3n) is 2.91. The van der Waals surface area contributed by atoms with Crippen molar-refractivity contribution >= 4 is 28.9 Å². The fraction of sp³-hybridized carbons (Fsp3) is 0.267. The molecule has 116 valence electrons. The number of aromatic nitrogens is 1. The maximum Gasteiger partial charge on any atom is 0.343 e. The summed E-state index contributed by atoms with van der Waals surface area (Å²) in [6.07, 6.45) is 1.56. The topological polar surface area (TPSA) is 60.3 Å². The lowest BCUT2D eigenvalue weighted by molar-refractivity contribution is 0.0524. The van der Waals surface area contributed by atoms with E-state index >= 15 is 0 Å². The van der Waals surface area contributed by atoms with Crippen molar-refractivity contribution in [3.05, 3.63) is 46.4 Å². The molecular formula is C15H16N2O4S. The Bertz CT molecular complexity index is 783. The average Bonchev–Trinajstić information content (AvgIpc) is 2.48. The molecule has 0 amide bonds. The number of rotatable bonds is 3. The third kappa shape index (κ3) is 3.09.